The van der Waals surface area contributed by atoms with Gasteiger partial charge in [0.1, 0.15) is 11.6 Å². The van der Waals surface area contributed by atoms with Gasteiger partial charge >= 0.3 is 0 Å². The smallest absolute Gasteiger partial charge is 0.227 e. The summed E-state index contributed by atoms with van der Waals surface area (Å²) in [4.78, 5) is 26.6. The van der Waals surface area contributed by atoms with Crippen LogP contribution in [0.4, 0.5) is 0 Å². The molecule has 2 aromatic heterocycles. The number of hydrogen-bond acceptors (Lipinski definition) is 4. The number of rotatable bonds is 7. The minimum atomic E-state index is -0.0643. The van der Waals surface area contributed by atoms with Crippen molar-refractivity contribution in [3.8, 4) is 0 Å². The number of imidazole rings is 2. The van der Waals surface area contributed by atoms with E-state index in [-0.39, 0.29) is 30.3 Å². The van der Waals surface area contributed by atoms with Crippen molar-refractivity contribution in [1.29, 1.82) is 0 Å². The Morgan fingerprint density at radius 1 is 1.03 bits per heavy atom. The van der Waals surface area contributed by atoms with Gasteiger partial charge in [0.25, 0.3) is 0 Å². The molecule has 32 heavy (non-hydrogen) atoms. The van der Waals surface area contributed by atoms with Gasteiger partial charge in [0.05, 0.1) is 12.0 Å². The van der Waals surface area contributed by atoms with Gasteiger partial charge in [-0.25, -0.2) is 9.97 Å². The second kappa shape index (κ2) is 10.8. The molecule has 7 nitrogen and oxygen atoms in total. The van der Waals surface area contributed by atoms with Gasteiger partial charge in [-0.2, -0.15) is 0 Å². The van der Waals surface area contributed by atoms with Gasteiger partial charge in [0.2, 0.25) is 5.91 Å². The van der Waals surface area contributed by atoms with Crippen molar-refractivity contribution in [3.63, 3.8) is 0 Å². The first-order chi connectivity index (χ1) is 15.1. The number of amides is 1. The van der Waals surface area contributed by atoms with Gasteiger partial charge < -0.3 is 14.0 Å². The molecule has 0 saturated carbocycles. The summed E-state index contributed by atoms with van der Waals surface area (Å²) in [6.07, 6.45) is 8.51. The molecule has 172 valence electrons. The number of nitrogens with zero attached hydrogens (tertiary/aromatic N) is 6. The quantitative estimate of drug-likeness (QED) is 0.548. The van der Waals surface area contributed by atoms with Gasteiger partial charge in [-0.3, -0.25) is 9.69 Å². The van der Waals surface area contributed by atoms with Gasteiger partial charge in [-0.15, -0.1) is 12.4 Å². The lowest BCUT2D eigenvalue weighted by molar-refractivity contribution is -0.137. The molecular formula is C24H33ClN6O. The van der Waals surface area contributed by atoms with E-state index in [1.807, 2.05) is 49.7 Å². The molecule has 2 atom stereocenters. The first kappa shape index (κ1) is 24.0. The summed E-state index contributed by atoms with van der Waals surface area (Å²) >= 11 is 0. The minimum Gasteiger partial charge on any atom is -0.340 e. The van der Waals surface area contributed by atoms with Crippen LogP contribution in [-0.2, 0) is 24.8 Å². The Morgan fingerprint density at radius 2 is 1.72 bits per heavy atom. The van der Waals surface area contributed by atoms with E-state index < -0.39 is 0 Å². The van der Waals surface area contributed by atoms with Crippen LogP contribution in [-0.4, -0.2) is 61.0 Å². The number of halogens is 1. The SMILES string of the molecule is CCc1nccn1CC(C)C(=O)N1CCN(C(c2ccccc2)c2nccn2C)CC1.Cl. The van der Waals surface area contributed by atoms with E-state index >= 15 is 0 Å². The zero-order chi connectivity index (χ0) is 21.8. The van der Waals surface area contributed by atoms with Crippen molar-refractivity contribution in [2.75, 3.05) is 26.2 Å². The zero-order valence-corrected chi connectivity index (χ0v) is 19.9. The summed E-state index contributed by atoms with van der Waals surface area (Å²) in [7, 11) is 2.04. The second-order valence-electron chi connectivity index (χ2n) is 8.32. The van der Waals surface area contributed by atoms with Crippen molar-refractivity contribution >= 4 is 18.3 Å². The zero-order valence-electron chi connectivity index (χ0n) is 19.1. The Morgan fingerprint density at radius 3 is 2.34 bits per heavy atom. The molecular weight excluding hydrogens is 424 g/mol. The second-order valence-corrected chi connectivity index (χ2v) is 8.32. The molecule has 1 saturated heterocycles. The van der Waals surface area contributed by atoms with Crippen molar-refractivity contribution in [1.82, 2.24) is 28.9 Å². The minimum absolute atomic E-state index is 0. The van der Waals surface area contributed by atoms with E-state index in [1.165, 1.54) is 5.56 Å². The van der Waals surface area contributed by atoms with Gasteiger partial charge in [-0.05, 0) is 5.56 Å². The number of hydrogen-bond donors (Lipinski definition) is 0. The van der Waals surface area contributed by atoms with Crippen LogP contribution in [0.1, 0.15) is 37.1 Å². The number of aromatic nitrogens is 4. The summed E-state index contributed by atoms with van der Waals surface area (Å²) in [6, 6.07) is 10.6. The van der Waals surface area contributed by atoms with Gasteiger partial charge in [-0.1, -0.05) is 44.2 Å². The van der Waals surface area contributed by atoms with Crippen molar-refractivity contribution in [3.05, 3.63) is 72.3 Å². The Kier molecular flexibility index (Phi) is 8.10. The number of carbonyl (C=O) groups excluding carboxylic acids is 1. The number of benzene rings is 1. The lowest BCUT2D eigenvalue weighted by atomic mass is 10.0. The molecule has 1 amide bonds. The highest BCUT2D eigenvalue weighted by molar-refractivity contribution is 5.85. The summed E-state index contributed by atoms with van der Waals surface area (Å²) in [6.45, 7) is 7.93. The fourth-order valence-electron chi connectivity index (χ4n) is 4.51. The first-order valence-corrected chi connectivity index (χ1v) is 11.1. The maximum absolute atomic E-state index is 13.1. The molecule has 0 spiro atoms. The van der Waals surface area contributed by atoms with Crippen LogP contribution >= 0.6 is 12.4 Å². The largest absolute Gasteiger partial charge is 0.340 e. The molecule has 1 aliphatic rings. The third-order valence-electron chi connectivity index (χ3n) is 6.22. The van der Waals surface area contributed by atoms with E-state index in [9.17, 15) is 4.79 Å². The molecule has 2 unspecified atom stereocenters. The van der Waals surface area contributed by atoms with Crippen molar-refractivity contribution < 1.29 is 4.79 Å². The molecule has 0 aliphatic carbocycles. The third kappa shape index (κ3) is 5.05. The standard InChI is InChI=1S/C24H32N6O.ClH/c1-4-21-25-11-13-30(21)18-19(2)24(31)29-16-14-28(15-17-29)22(20-8-6-5-7-9-20)23-26-10-12-27(23)3;/h5-13,19,22H,4,14-18H2,1-3H3;1H. The van der Waals surface area contributed by atoms with Crippen LogP contribution in [0.25, 0.3) is 0 Å². The molecule has 1 aromatic carbocycles. The first-order valence-electron chi connectivity index (χ1n) is 11.1. The Balaban J connectivity index is 0.00000289. The average molecular weight is 457 g/mol. The van der Waals surface area contributed by atoms with Crippen LogP contribution in [0.3, 0.4) is 0 Å². The van der Waals surface area contributed by atoms with E-state index in [2.05, 4.69) is 55.2 Å². The predicted octanol–water partition coefficient (Wildman–Crippen LogP) is 3.17. The highest BCUT2D eigenvalue weighted by Gasteiger charge is 2.31. The van der Waals surface area contributed by atoms with Gasteiger partial charge in [0, 0.05) is 71.0 Å². The molecule has 4 rings (SSSR count). The molecule has 0 bridgehead atoms. The maximum atomic E-state index is 13.1. The van der Waals surface area contributed by atoms with E-state index in [0.29, 0.717) is 6.54 Å². The van der Waals surface area contributed by atoms with E-state index in [4.69, 9.17) is 0 Å². The highest BCUT2D eigenvalue weighted by Crippen LogP contribution is 2.28. The number of carbonyl (C=O) groups is 1. The fourth-order valence-corrected chi connectivity index (χ4v) is 4.51. The normalized spacial score (nSPS) is 16.4. The summed E-state index contributed by atoms with van der Waals surface area (Å²) in [5.74, 6) is 2.23. The predicted molar refractivity (Wildman–Crippen MR) is 128 cm³/mol. The Hall–Kier alpha value is -2.64. The van der Waals surface area contributed by atoms with Crippen LogP contribution in [0, 0.1) is 5.92 Å². The molecule has 0 N–H and O–H groups in total. The van der Waals surface area contributed by atoms with Crippen molar-refractivity contribution in [2.45, 2.75) is 32.9 Å². The van der Waals surface area contributed by atoms with E-state index in [1.54, 1.807) is 0 Å². The summed E-state index contributed by atoms with van der Waals surface area (Å²) < 4.78 is 4.19. The molecule has 3 heterocycles. The van der Waals surface area contributed by atoms with Crippen LogP contribution < -0.4 is 0 Å². The molecule has 3 aromatic rings. The van der Waals surface area contributed by atoms with Crippen LogP contribution in [0.2, 0.25) is 0 Å². The number of piperazine rings is 1. The van der Waals surface area contributed by atoms with Crippen molar-refractivity contribution in [2.24, 2.45) is 13.0 Å². The average Bonchev–Trinajstić information content (AvgIpc) is 3.43. The molecule has 8 heteroatoms. The molecule has 1 fully saturated rings. The lowest BCUT2D eigenvalue weighted by Gasteiger charge is -2.40. The Bertz CT molecular complexity index is 993. The molecule has 0 radical (unpaired) electrons. The summed E-state index contributed by atoms with van der Waals surface area (Å²) in [5, 5.41) is 0. The number of aryl methyl sites for hydroxylation is 2. The monoisotopic (exact) mass is 456 g/mol. The van der Waals surface area contributed by atoms with E-state index in [0.717, 1.165) is 44.2 Å². The topological polar surface area (TPSA) is 59.2 Å². The fraction of sp³-hybridized carbons (Fsp3) is 0.458. The van der Waals surface area contributed by atoms with Crippen LogP contribution in [0.15, 0.2) is 55.1 Å². The maximum Gasteiger partial charge on any atom is 0.227 e. The van der Waals surface area contributed by atoms with Crippen LogP contribution in [0.5, 0.6) is 0 Å². The lowest BCUT2D eigenvalue weighted by Crippen LogP contribution is -2.51. The van der Waals surface area contributed by atoms with Gasteiger partial charge in [0.15, 0.2) is 0 Å². The molecule has 1 aliphatic heterocycles. The highest BCUT2D eigenvalue weighted by atomic mass is 35.5. The summed E-state index contributed by atoms with van der Waals surface area (Å²) in [5.41, 5.74) is 1.23. The Labute approximate surface area is 196 Å². The third-order valence-corrected chi connectivity index (χ3v) is 6.22.